The molecule has 0 unspecified atom stereocenters. The molecule has 0 bridgehead atoms. The second-order valence-electron chi connectivity index (χ2n) is 5.40. The number of anilines is 1. The average molecular weight is 305 g/mol. The first-order valence-corrected chi connectivity index (χ1v) is 7.62. The number of carboxylic acid groups (broad SMARTS) is 1. The van der Waals surface area contributed by atoms with Gasteiger partial charge in [-0.15, -0.1) is 0 Å². The molecule has 0 atom stereocenters. The lowest BCUT2D eigenvalue weighted by atomic mass is 10.2. The number of nitrogens with zero attached hydrogens (tertiary/aromatic N) is 3. The van der Waals surface area contributed by atoms with Gasteiger partial charge in [0.05, 0.1) is 6.54 Å². The van der Waals surface area contributed by atoms with E-state index < -0.39 is 5.97 Å². The van der Waals surface area contributed by atoms with Gasteiger partial charge < -0.3 is 19.8 Å². The normalized spacial score (nSPS) is 15.6. The quantitative estimate of drug-likeness (QED) is 0.840. The molecular weight excluding hydrogens is 282 g/mol. The Labute approximate surface area is 130 Å². The molecule has 1 saturated heterocycles. The maximum absolute atomic E-state index is 12.4. The van der Waals surface area contributed by atoms with Crippen molar-refractivity contribution in [3.05, 3.63) is 30.3 Å². The van der Waals surface area contributed by atoms with Crippen molar-refractivity contribution in [2.24, 2.45) is 0 Å². The fourth-order valence-electron chi connectivity index (χ4n) is 2.62. The van der Waals surface area contributed by atoms with E-state index in [2.05, 4.69) is 11.8 Å². The number of likely N-dealkylation sites (N-methyl/N-ethyl adjacent to an activating group) is 1. The highest BCUT2D eigenvalue weighted by molar-refractivity contribution is 5.84. The Morgan fingerprint density at radius 3 is 2.27 bits per heavy atom. The van der Waals surface area contributed by atoms with Crippen molar-refractivity contribution >= 4 is 17.6 Å². The zero-order valence-corrected chi connectivity index (χ0v) is 12.9. The van der Waals surface area contributed by atoms with E-state index in [1.54, 1.807) is 4.90 Å². The van der Waals surface area contributed by atoms with Crippen LogP contribution in [0, 0.1) is 0 Å². The van der Waals surface area contributed by atoms with Crippen LogP contribution in [0.25, 0.3) is 0 Å². The molecule has 0 aliphatic carbocycles. The van der Waals surface area contributed by atoms with Gasteiger partial charge >= 0.3 is 5.97 Å². The summed E-state index contributed by atoms with van der Waals surface area (Å²) in [4.78, 5) is 29.2. The van der Waals surface area contributed by atoms with Crippen molar-refractivity contribution in [1.82, 2.24) is 9.80 Å². The Morgan fingerprint density at radius 1 is 1.09 bits per heavy atom. The molecule has 6 nitrogen and oxygen atoms in total. The molecular formula is C16H23N3O3. The van der Waals surface area contributed by atoms with Crippen molar-refractivity contribution in [1.29, 1.82) is 0 Å². The molecule has 22 heavy (non-hydrogen) atoms. The molecule has 1 aliphatic heterocycles. The Bertz CT molecular complexity index is 499. The minimum atomic E-state index is -0.938. The maximum atomic E-state index is 12.4. The molecule has 1 N–H and O–H groups in total. The molecule has 1 fully saturated rings. The molecule has 0 spiro atoms. The van der Waals surface area contributed by atoms with Gasteiger partial charge in [0.15, 0.2) is 0 Å². The Kier molecular flexibility index (Phi) is 5.77. The number of para-hydroxylation sites is 1. The van der Waals surface area contributed by atoms with Gasteiger partial charge in [-0.3, -0.25) is 9.59 Å². The maximum Gasteiger partial charge on any atom is 0.323 e. The molecule has 1 aromatic carbocycles. The van der Waals surface area contributed by atoms with Gasteiger partial charge in [0.1, 0.15) is 6.54 Å². The number of carbonyl (C=O) groups is 2. The lowest BCUT2D eigenvalue weighted by Gasteiger charge is -2.35. The van der Waals surface area contributed by atoms with E-state index in [0.29, 0.717) is 13.1 Å². The molecule has 1 aliphatic rings. The monoisotopic (exact) mass is 305 g/mol. The van der Waals surface area contributed by atoms with Crippen LogP contribution >= 0.6 is 0 Å². The van der Waals surface area contributed by atoms with Crippen LogP contribution in [0.1, 0.15) is 6.92 Å². The lowest BCUT2D eigenvalue weighted by molar-refractivity contribution is -0.135. The van der Waals surface area contributed by atoms with Crippen molar-refractivity contribution in [2.45, 2.75) is 6.92 Å². The summed E-state index contributed by atoms with van der Waals surface area (Å²) in [6.45, 7) is 6.22. The summed E-state index contributed by atoms with van der Waals surface area (Å²) >= 11 is 0. The first-order valence-electron chi connectivity index (χ1n) is 7.62. The molecule has 0 aromatic heterocycles. The Balaban J connectivity index is 1.98. The fourth-order valence-corrected chi connectivity index (χ4v) is 2.62. The molecule has 6 heteroatoms. The lowest BCUT2D eigenvalue weighted by Crippen LogP contribution is -2.51. The van der Waals surface area contributed by atoms with E-state index in [1.807, 2.05) is 35.2 Å². The minimum absolute atomic E-state index is 0.0131. The topological polar surface area (TPSA) is 64.1 Å². The van der Waals surface area contributed by atoms with Crippen molar-refractivity contribution in [3.8, 4) is 0 Å². The van der Waals surface area contributed by atoms with Crippen LogP contribution in [0.3, 0.4) is 0 Å². The Morgan fingerprint density at radius 2 is 1.73 bits per heavy atom. The molecule has 1 heterocycles. The van der Waals surface area contributed by atoms with Gasteiger partial charge in [-0.2, -0.15) is 0 Å². The number of benzene rings is 1. The number of rotatable bonds is 6. The number of piperazine rings is 1. The first kappa shape index (κ1) is 16.3. The predicted molar refractivity (Wildman–Crippen MR) is 85.0 cm³/mol. The van der Waals surface area contributed by atoms with E-state index >= 15 is 0 Å². The van der Waals surface area contributed by atoms with Crippen LogP contribution in [0.2, 0.25) is 0 Å². The third-order valence-corrected chi connectivity index (χ3v) is 3.95. The highest BCUT2D eigenvalue weighted by atomic mass is 16.4. The van der Waals surface area contributed by atoms with Crippen LogP contribution in [0.4, 0.5) is 5.69 Å². The van der Waals surface area contributed by atoms with E-state index in [-0.39, 0.29) is 19.0 Å². The summed E-state index contributed by atoms with van der Waals surface area (Å²) in [5.74, 6) is -0.951. The largest absolute Gasteiger partial charge is 0.480 e. The van der Waals surface area contributed by atoms with Gasteiger partial charge in [-0.1, -0.05) is 25.1 Å². The molecule has 1 amide bonds. The highest BCUT2D eigenvalue weighted by Gasteiger charge is 2.23. The third-order valence-electron chi connectivity index (χ3n) is 3.95. The van der Waals surface area contributed by atoms with E-state index in [0.717, 1.165) is 25.3 Å². The standard InChI is InChI=1S/C16H23N3O3/c1-2-17-8-10-18(11-9-17)15(20)12-19(13-16(21)22)14-6-4-3-5-7-14/h3-7H,2,8-13H2,1H3,(H,21,22). The highest BCUT2D eigenvalue weighted by Crippen LogP contribution is 2.13. The molecule has 0 saturated carbocycles. The van der Waals surface area contributed by atoms with Crippen LogP contribution in [0.5, 0.6) is 0 Å². The molecule has 120 valence electrons. The van der Waals surface area contributed by atoms with Crippen molar-refractivity contribution < 1.29 is 14.7 Å². The van der Waals surface area contributed by atoms with Gasteiger partial charge in [0.2, 0.25) is 5.91 Å². The summed E-state index contributed by atoms with van der Waals surface area (Å²) in [5, 5.41) is 9.06. The SMILES string of the molecule is CCN1CCN(C(=O)CN(CC(=O)O)c2ccccc2)CC1. The number of aliphatic carboxylic acids is 1. The van der Waals surface area contributed by atoms with Crippen LogP contribution in [-0.2, 0) is 9.59 Å². The number of hydrogen-bond acceptors (Lipinski definition) is 4. The summed E-state index contributed by atoms with van der Waals surface area (Å²) in [6.07, 6.45) is 0. The molecule has 1 aromatic rings. The zero-order chi connectivity index (χ0) is 15.9. The number of carboxylic acids is 1. The van der Waals surface area contributed by atoms with Gasteiger partial charge in [0.25, 0.3) is 0 Å². The van der Waals surface area contributed by atoms with Crippen LogP contribution < -0.4 is 4.90 Å². The summed E-state index contributed by atoms with van der Waals surface area (Å²) < 4.78 is 0. The smallest absolute Gasteiger partial charge is 0.323 e. The van der Waals surface area contributed by atoms with Gasteiger partial charge in [0, 0.05) is 31.9 Å². The molecule has 2 rings (SSSR count). The Hall–Kier alpha value is -2.08. The van der Waals surface area contributed by atoms with Crippen LogP contribution in [-0.4, -0.2) is 72.6 Å². The van der Waals surface area contributed by atoms with Crippen LogP contribution in [0.15, 0.2) is 30.3 Å². The second-order valence-corrected chi connectivity index (χ2v) is 5.40. The third kappa shape index (κ3) is 4.46. The predicted octanol–water partition coefficient (Wildman–Crippen LogP) is 0.742. The number of hydrogen-bond donors (Lipinski definition) is 1. The zero-order valence-electron chi connectivity index (χ0n) is 12.9. The number of carbonyl (C=O) groups excluding carboxylic acids is 1. The second kappa shape index (κ2) is 7.79. The van der Waals surface area contributed by atoms with Crippen molar-refractivity contribution in [2.75, 3.05) is 50.7 Å². The molecule has 0 radical (unpaired) electrons. The van der Waals surface area contributed by atoms with E-state index in [4.69, 9.17) is 5.11 Å². The van der Waals surface area contributed by atoms with E-state index in [1.165, 1.54) is 0 Å². The van der Waals surface area contributed by atoms with E-state index in [9.17, 15) is 9.59 Å². The fraction of sp³-hybridized carbons (Fsp3) is 0.500. The number of amides is 1. The summed E-state index contributed by atoms with van der Waals surface area (Å²) in [7, 11) is 0. The summed E-state index contributed by atoms with van der Waals surface area (Å²) in [6, 6.07) is 9.20. The van der Waals surface area contributed by atoms with Gasteiger partial charge in [-0.05, 0) is 18.7 Å². The minimum Gasteiger partial charge on any atom is -0.480 e. The van der Waals surface area contributed by atoms with Crippen molar-refractivity contribution in [3.63, 3.8) is 0 Å². The average Bonchev–Trinajstić information content (AvgIpc) is 2.54. The summed E-state index contributed by atoms with van der Waals surface area (Å²) in [5.41, 5.74) is 0.755. The first-order chi connectivity index (χ1) is 10.6. The van der Waals surface area contributed by atoms with Gasteiger partial charge in [-0.25, -0.2) is 0 Å².